The fraction of sp³-hybridized carbons (Fsp3) is 0.226. The lowest BCUT2D eigenvalue weighted by molar-refractivity contribution is 0.0990. The Kier molecular flexibility index (Phi) is 8.21. The van der Waals surface area contributed by atoms with Crippen molar-refractivity contribution in [1.29, 1.82) is 0 Å². The number of carbonyl (C=O) groups excluding carboxylic acids is 2. The Morgan fingerprint density at radius 2 is 1.83 bits per heavy atom. The molecule has 210 valence electrons. The van der Waals surface area contributed by atoms with Crippen LogP contribution in [0.1, 0.15) is 26.4 Å². The molecule has 5 rings (SSSR count). The molecule has 41 heavy (non-hydrogen) atoms. The van der Waals surface area contributed by atoms with E-state index in [0.29, 0.717) is 48.9 Å². The zero-order chi connectivity index (χ0) is 28.9. The lowest BCUT2D eigenvalue weighted by Gasteiger charge is -2.29. The van der Waals surface area contributed by atoms with Crippen LogP contribution >= 0.6 is 0 Å². The maximum atomic E-state index is 14.9. The van der Waals surface area contributed by atoms with Gasteiger partial charge in [0.1, 0.15) is 0 Å². The normalized spacial score (nSPS) is 13.0. The molecule has 2 aromatic carbocycles. The number of methoxy groups -OCH3 is 1. The highest BCUT2D eigenvalue weighted by Crippen LogP contribution is 2.31. The first kappa shape index (κ1) is 27.7. The van der Waals surface area contributed by atoms with E-state index in [2.05, 4.69) is 15.3 Å². The van der Waals surface area contributed by atoms with Crippen LogP contribution in [0.2, 0.25) is 0 Å². The number of nitrogens with one attached hydrogen (secondary N) is 1. The standard InChI is InChI=1S/C31H30FN5O4/c1-20-26(21-6-8-22(9-7-21)31(39)36(2)24-5-4-10-33-19-24)15-23(18-34-20)35-30(38)27-16-25(17-28(32)29(27)40-3)37-11-13-41-14-12-37/h4-10,15-19H,11-14H2,1-3H3,(H,35,38). The highest BCUT2D eigenvalue weighted by atomic mass is 19.1. The zero-order valence-corrected chi connectivity index (χ0v) is 23.1. The van der Waals surface area contributed by atoms with E-state index in [1.54, 1.807) is 56.0 Å². The van der Waals surface area contributed by atoms with E-state index >= 15 is 0 Å². The molecule has 0 unspecified atom stereocenters. The maximum Gasteiger partial charge on any atom is 0.259 e. The first-order chi connectivity index (χ1) is 19.9. The van der Waals surface area contributed by atoms with Gasteiger partial charge in [0.05, 0.1) is 49.7 Å². The van der Waals surface area contributed by atoms with Gasteiger partial charge in [-0.2, -0.15) is 0 Å². The molecule has 1 aliphatic rings. The van der Waals surface area contributed by atoms with Crippen molar-refractivity contribution < 1.29 is 23.5 Å². The summed E-state index contributed by atoms with van der Waals surface area (Å²) in [6.07, 6.45) is 4.83. The van der Waals surface area contributed by atoms with Gasteiger partial charge in [0.25, 0.3) is 11.8 Å². The Labute approximate surface area is 237 Å². The summed E-state index contributed by atoms with van der Waals surface area (Å²) in [6.45, 7) is 4.12. The fourth-order valence-electron chi connectivity index (χ4n) is 4.71. The predicted octanol–water partition coefficient (Wildman–Crippen LogP) is 4.97. The average molecular weight is 556 g/mol. The second-order valence-corrected chi connectivity index (χ2v) is 9.57. The highest BCUT2D eigenvalue weighted by Gasteiger charge is 2.22. The summed E-state index contributed by atoms with van der Waals surface area (Å²) in [5.74, 6) is -1.43. The molecule has 4 aromatic rings. The Balaban J connectivity index is 1.37. The number of carbonyl (C=O) groups is 2. The predicted molar refractivity (Wildman–Crippen MR) is 155 cm³/mol. The van der Waals surface area contributed by atoms with Crippen LogP contribution in [0.15, 0.2) is 73.2 Å². The van der Waals surface area contributed by atoms with Gasteiger partial charge in [-0.15, -0.1) is 0 Å². The first-order valence-electron chi connectivity index (χ1n) is 13.1. The lowest BCUT2D eigenvalue weighted by Crippen LogP contribution is -2.36. The Hall–Kier alpha value is -4.83. The van der Waals surface area contributed by atoms with E-state index in [-0.39, 0.29) is 17.2 Å². The number of nitrogens with zero attached hydrogens (tertiary/aromatic N) is 4. The van der Waals surface area contributed by atoms with Gasteiger partial charge in [0, 0.05) is 54.9 Å². The minimum atomic E-state index is -0.617. The van der Waals surface area contributed by atoms with Crippen LogP contribution in [0.3, 0.4) is 0 Å². The van der Waals surface area contributed by atoms with Crippen LogP contribution < -0.4 is 19.9 Å². The lowest BCUT2D eigenvalue weighted by atomic mass is 10.0. The summed E-state index contributed by atoms with van der Waals surface area (Å²) in [5.41, 5.74) is 4.66. The number of amides is 2. The molecule has 0 spiro atoms. The van der Waals surface area contributed by atoms with Crippen LogP contribution in [0.5, 0.6) is 5.75 Å². The molecule has 2 amide bonds. The number of rotatable bonds is 7. The van der Waals surface area contributed by atoms with Gasteiger partial charge in [0.15, 0.2) is 11.6 Å². The summed E-state index contributed by atoms with van der Waals surface area (Å²) >= 11 is 0. The molecule has 0 atom stereocenters. The number of anilines is 3. The molecular weight excluding hydrogens is 525 g/mol. The van der Waals surface area contributed by atoms with E-state index in [9.17, 15) is 14.0 Å². The summed E-state index contributed by atoms with van der Waals surface area (Å²) in [4.78, 5) is 38.3. The number of morpholine rings is 1. The van der Waals surface area contributed by atoms with Crippen molar-refractivity contribution in [2.75, 3.05) is 55.6 Å². The summed E-state index contributed by atoms with van der Waals surface area (Å²) in [7, 11) is 3.03. The number of benzene rings is 2. The van der Waals surface area contributed by atoms with Crippen molar-refractivity contribution >= 4 is 28.9 Å². The number of pyridine rings is 2. The minimum absolute atomic E-state index is 0.0803. The third kappa shape index (κ3) is 6.02. The smallest absolute Gasteiger partial charge is 0.259 e. The molecule has 1 fully saturated rings. The quantitative estimate of drug-likeness (QED) is 0.344. The monoisotopic (exact) mass is 555 g/mol. The van der Waals surface area contributed by atoms with E-state index in [0.717, 1.165) is 16.8 Å². The zero-order valence-electron chi connectivity index (χ0n) is 23.1. The number of aryl methyl sites for hydroxylation is 1. The topological polar surface area (TPSA) is 96.9 Å². The second kappa shape index (κ2) is 12.1. The van der Waals surface area contributed by atoms with Gasteiger partial charge >= 0.3 is 0 Å². The van der Waals surface area contributed by atoms with Crippen LogP contribution in [0.4, 0.5) is 21.5 Å². The van der Waals surface area contributed by atoms with Gasteiger partial charge in [-0.05, 0) is 48.9 Å². The van der Waals surface area contributed by atoms with Gasteiger partial charge in [-0.1, -0.05) is 12.1 Å². The number of aromatic nitrogens is 2. The van der Waals surface area contributed by atoms with Crippen molar-refractivity contribution in [3.63, 3.8) is 0 Å². The van der Waals surface area contributed by atoms with E-state index in [1.807, 2.05) is 30.0 Å². The Morgan fingerprint density at radius 1 is 1.07 bits per heavy atom. The molecule has 9 nitrogen and oxygen atoms in total. The molecule has 0 radical (unpaired) electrons. The summed E-state index contributed by atoms with van der Waals surface area (Å²) < 4.78 is 25.6. The van der Waals surface area contributed by atoms with E-state index < -0.39 is 11.7 Å². The van der Waals surface area contributed by atoms with E-state index in [4.69, 9.17) is 9.47 Å². The molecular formula is C31H30FN5O4. The molecule has 3 heterocycles. The SMILES string of the molecule is COc1c(F)cc(N2CCOCC2)cc1C(=O)Nc1cnc(C)c(-c2ccc(C(=O)N(C)c3cccnc3)cc2)c1. The number of ether oxygens (including phenoxy) is 2. The Bertz CT molecular complexity index is 1560. The van der Waals surface area contributed by atoms with Crippen molar-refractivity contribution in [3.05, 3.63) is 95.8 Å². The van der Waals surface area contributed by atoms with Crippen LogP contribution in [-0.4, -0.2) is 62.2 Å². The molecule has 1 aliphatic heterocycles. The van der Waals surface area contributed by atoms with Crippen molar-refractivity contribution in [2.24, 2.45) is 0 Å². The van der Waals surface area contributed by atoms with E-state index in [1.165, 1.54) is 18.1 Å². The van der Waals surface area contributed by atoms with Crippen LogP contribution in [0.25, 0.3) is 11.1 Å². The van der Waals surface area contributed by atoms with Crippen molar-refractivity contribution in [3.8, 4) is 16.9 Å². The number of hydrogen-bond donors (Lipinski definition) is 1. The molecule has 1 N–H and O–H groups in total. The molecule has 0 aliphatic carbocycles. The first-order valence-corrected chi connectivity index (χ1v) is 13.1. The fourth-order valence-corrected chi connectivity index (χ4v) is 4.71. The summed E-state index contributed by atoms with van der Waals surface area (Å²) in [6, 6.07) is 15.6. The molecule has 0 saturated carbocycles. The van der Waals surface area contributed by atoms with Crippen LogP contribution in [-0.2, 0) is 4.74 Å². The van der Waals surface area contributed by atoms with Crippen LogP contribution in [0, 0.1) is 12.7 Å². The van der Waals surface area contributed by atoms with Crippen molar-refractivity contribution in [1.82, 2.24) is 9.97 Å². The summed E-state index contributed by atoms with van der Waals surface area (Å²) in [5, 5.41) is 2.83. The maximum absolute atomic E-state index is 14.9. The number of hydrogen-bond acceptors (Lipinski definition) is 7. The molecule has 10 heteroatoms. The number of halogens is 1. The average Bonchev–Trinajstić information content (AvgIpc) is 3.01. The van der Waals surface area contributed by atoms with Gasteiger partial charge < -0.3 is 24.6 Å². The van der Waals surface area contributed by atoms with Gasteiger partial charge in [-0.25, -0.2) is 4.39 Å². The third-order valence-corrected chi connectivity index (χ3v) is 6.98. The molecule has 2 aromatic heterocycles. The third-order valence-electron chi connectivity index (χ3n) is 6.98. The Morgan fingerprint density at radius 3 is 2.51 bits per heavy atom. The highest BCUT2D eigenvalue weighted by molar-refractivity contribution is 6.07. The largest absolute Gasteiger partial charge is 0.493 e. The minimum Gasteiger partial charge on any atom is -0.493 e. The van der Waals surface area contributed by atoms with Gasteiger partial charge in [-0.3, -0.25) is 19.6 Å². The molecule has 1 saturated heterocycles. The van der Waals surface area contributed by atoms with Gasteiger partial charge in [0.2, 0.25) is 0 Å². The second-order valence-electron chi connectivity index (χ2n) is 9.57. The van der Waals surface area contributed by atoms with Crippen molar-refractivity contribution in [2.45, 2.75) is 6.92 Å². The molecule has 0 bridgehead atoms.